The lowest BCUT2D eigenvalue weighted by Gasteiger charge is -2.27. The molecule has 2 unspecified atom stereocenters. The molecule has 4 heteroatoms. The summed E-state index contributed by atoms with van der Waals surface area (Å²) in [6, 6.07) is 6.67. The molecule has 2 aliphatic rings. The minimum atomic E-state index is -0.199. The molecule has 2 N–H and O–H groups in total. The van der Waals surface area contributed by atoms with E-state index >= 15 is 0 Å². The highest BCUT2D eigenvalue weighted by Crippen LogP contribution is 2.38. The van der Waals surface area contributed by atoms with E-state index in [2.05, 4.69) is 47.7 Å². The van der Waals surface area contributed by atoms with E-state index in [0.29, 0.717) is 6.04 Å². The van der Waals surface area contributed by atoms with E-state index in [-0.39, 0.29) is 11.9 Å². The Kier molecular flexibility index (Phi) is 3.42. The van der Waals surface area contributed by atoms with Crippen LogP contribution in [0.5, 0.6) is 0 Å². The number of carbonyl (C=O) groups excluding carboxylic acids is 1. The van der Waals surface area contributed by atoms with E-state index in [9.17, 15) is 4.79 Å². The third-order valence-corrected chi connectivity index (χ3v) is 4.60. The molecule has 1 aromatic rings. The maximum Gasteiger partial charge on any atom is 0.246 e. The van der Waals surface area contributed by atoms with Gasteiger partial charge in [-0.1, -0.05) is 13.0 Å². The van der Waals surface area contributed by atoms with Gasteiger partial charge in [-0.3, -0.25) is 4.79 Å². The van der Waals surface area contributed by atoms with Crippen molar-refractivity contribution < 1.29 is 4.79 Å². The van der Waals surface area contributed by atoms with Gasteiger partial charge < -0.3 is 15.5 Å². The van der Waals surface area contributed by atoms with Crippen molar-refractivity contribution in [2.75, 3.05) is 23.8 Å². The maximum absolute atomic E-state index is 12.0. The summed E-state index contributed by atoms with van der Waals surface area (Å²) in [6.07, 6.45) is 2.69. The Morgan fingerprint density at radius 3 is 2.85 bits per heavy atom. The highest BCUT2D eigenvalue weighted by molar-refractivity contribution is 6.03. The first-order valence-electron chi connectivity index (χ1n) is 7.53. The maximum atomic E-state index is 12.0. The molecule has 3 rings (SSSR count). The number of likely N-dealkylation sites (N-methyl/N-ethyl adjacent to an activating group) is 1. The Morgan fingerprint density at radius 1 is 1.45 bits per heavy atom. The van der Waals surface area contributed by atoms with Crippen molar-refractivity contribution >= 4 is 17.3 Å². The van der Waals surface area contributed by atoms with Crippen LogP contribution in [0.2, 0.25) is 0 Å². The zero-order valence-electron chi connectivity index (χ0n) is 12.4. The summed E-state index contributed by atoms with van der Waals surface area (Å²) in [4.78, 5) is 14.3. The van der Waals surface area contributed by atoms with Crippen LogP contribution in [0.15, 0.2) is 18.2 Å². The number of nitrogens with one attached hydrogen (secondary N) is 2. The summed E-state index contributed by atoms with van der Waals surface area (Å²) in [5.41, 5.74) is 3.20. The van der Waals surface area contributed by atoms with Crippen LogP contribution in [-0.2, 0) is 4.79 Å². The second kappa shape index (κ2) is 5.09. The number of anilines is 2. The number of hydrogen-bond acceptors (Lipinski definition) is 3. The van der Waals surface area contributed by atoms with Gasteiger partial charge in [0, 0.05) is 30.0 Å². The van der Waals surface area contributed by atoms with Gasteiger partial charge in [0.05, 0.1) is 0 Å². The number of rotatable bonds is 5. The summed E-state index contributed by atoms with van der Waals surface area (Å²) in [6.45, 7) is 5.09. The Bertz CT molecular complexity index is 524. The first-order valence-corrected chi connectivity index (χ1v) is 7.53. The molecule has 0 bridgehead atoms. The van der Waals surface area contributed by atoms with E-state index in [1.807, 2.05) is 6.92 Å². The van der Waals surface area contributed by atoms with Gasteiger partial charge in [0.25, 0.3) is 0 Å². The highest BCUT2D eigenvalue weighted by Gasteiger charge is 2.33. The molecule has 1 aromatic carbocycles. The van der Waals surface area contributed by atoms with Gasteiger partial charge in [0.15, 0.2) is 0 Å². The van der Waals surface area contributed by atoms with Crippen molar-refractivity contribution in [1.82, 2.24) is 5.32 Å². The van der Waals surface area contributed by atoms with Crippen LogP contribution in [0, 0.1) is 5.92 Å². The second-order valence-electron chi connectivity index (χ2n) is 5.94. The average molecular weight is 273 g/mol. The van der Waals surface area contributed by atoms with Crippen molar-refractivity contribution in [3.8, 4) is 0 Å². The largest absolute Gasteiger partial charge is 0.372 e. The summed E-state index contributed by atoms with van der Waals surface area (Å²) in [5, 5.41) is 6.21. The van der Waals surface area contributed by atoms with Crippen molar-refractivity contribution in [3.63, 3.8) is 0 Å². The molecule has 1 fully saturated rings. The summed E-state index contributed by atoms with van der Waals surface area (Å²) in [5.74, 6) is 0.884. The third kappa shape index (κ3) is 2.29. The fourth-order valence-electron chi connectivity index (χ4n) is 3.01. The van der Waals surface area contributed by atoms with Crippen molar-refractivity contribution in [3.05, 3.63) is 23.8 Å². The molecule has 1 saturated carbocycles. The normalized spacial score (nSPS) is 22.4. The monoisotopic (exact) mass is 273 g/mol. The van der Waals surface area contributed by atoms with Gasteiger partial charge in [-0.05, 0) is 44.4 Å². The van der Waals surface area contributed by atoms with E-state index in [1.165, 1.54) is 18.5 Å². The first-order chi connectivity index (χ1) is 9.61. The van der Waals surface area contributed by atoms with E-state index in [4.69, 9.17) is 0 Å². The van der Waals surface area contributed by atoms with Crippen molar-refractivity contribution in [2.24, 2.45) is 5.92 Å². The van der Waals surface area contributed by atoms with E-state index in [0.717, 1.165) is 23.7 Å². The van der Waals surface area contributed by atoms with E-state index in [1.54, 1.807) is 0 Å². The Labute approximate surface area is 120 Å². The van der Waals surface area contributed by atoms with Crippen molar-refractivity contribution in [1.29, 1.82) is 0 Å². The lowest BCUT2D eigenvalue weighted by molar-refractivity contribution is -0.117. The molecule has 2 atom stereocenters. The third-order valence-electron chi connectivity index (χ3n) is 4.60. The SMILES string of the molecule is CCNC1C(=O)Nc2cc(N(C)C(C)C3CC3)ccc21. The molecule has 20 heavy (non-hydrogen) atoms. The Balaban J connectivity index is 1.83. The number of carbonyl (C=O) groups is 1. The van der Waals surface area contributed by atoms with Crippen molar-refractivity contribution in [2.45, 2.75) is 38.8 Å². The van der Waals surface area contributed by atoms with Crippen LogP contribution >= 0.6 is 0 Å². The predicted molar refractivity (Wildman–Crippen MR) is 82.1 cm³/mol. The summed E-state index contributed by atoms with van der Waals surface area (Å²) >= 11 is 0. The number of nitrogens with zero attached hydrogens (tertiary/aromatic N) is 1. The minimum absolute atomic E-state index is 0.0527. The van der Waals surface area contributed by atoms with Gasteiger partial charge in [-0.15, -0.1) is 0 Å². The lowest BCUT2D eigenvalue weighted by atomic mass is 10.1. The van der Waals surface area contributed by atoms with Crippen LogP contribution in [0.3, 0.4) is 0 Å². The first kappa shape index (κ1) is 13.4. The molecule has 1 aliphatic carbocycles. The standard InChI is InChI=1S/C16H23N3O/c1-4-17-15-13-8-7-12(9-14(13)18-16(15)20)19(3)10(2)11-5-6-11/h7-11,15,17H,4-6H2,1-3H3,(H,18,20). The molecule has 4 nitrogen and oxygen atoms in total. The number of fused-ring (bicyclic) bond motifs is 1. The van der Waals surface area contributed by atoms with Crippen LogP contribution in [0.25, 0.3) is 0 Å². The van der Waals surface area contributed by atoms with E-state index < -0.39 is 0 Å². The fraction of sp³-hybridized carbons (Fsp3) is 0.562. The average Bonchev–Trinajstić information content (AvgIpc) is 3.24. The summed E-state index contributed by atoms with van der Waals surface area (Å²) < 4.78 is 0. The lowest BCUT2D eigenvalue weighted by Crippen LogP contribution is -2.30. The number of benzene rings is 1. The predicted octanol–water partition coefficient (Wildman–Crippen LogP) is 2.52. The van der Waals surface area contributed by atoms with Gasteiger partial charge in [-0.25, -0.2) is 0 Å². The number of amides is 1. The van der Waals surface area contributed by atoms with Gasteiger partial charge in [0.2, 0.25) is 5.91 Å². The van der Waals surface area contributed by atoms with Crippen LogP contribution in [0.1, 0.15) is 38.3 Å². The smallest absolute Gasteiger partial charge is 0.246 e. The molecule has 0 radical (unpaired) electrons. The Hall–Kier alpha value is -1.55. The van der Waals surface area contributed by atoms with Crippen LogP contribution in [-0.4, -0.2) is 25.5 Å². The molecule has 1 amide bonds. The molecule has 0 aromatic heterocycles. The van der Waals surface area contributed by atoms with Crippen LogP contribution in [0.4, 0.5) is 11.4 Å². The molecular formula is C16H23N3O. The topological polar surface area (TPSA) is 44.4 Å². The fourth-order valence-corrected chi connectivity index (χ4v) is 3.01. The second-order valence-corrected chi connectivity index (χ2v) is 5.94. The zero-order valence-corrected chi connectivity index (χ0v) is 12.4. The minimum Gasteiger partial charge on any atom is -0.372 e. The zero-order chi connectivity index (χ0) is 14.3. The number of hydrogen-bond donors (Lipinski definition) is 2. The van der Waals surface area contributed by atoms with Gasteiger partial charge >= 0.3 is 0 Å². The Morgan fingerprint density at radius 2 is 2.20 bits per heavy atom. The van der Waals surface area contributed by atoms with Crippen LogP contribution < -0.4 is 15.5 Å². The molecule has 108 valence electrons. The molecule has 0 saturated heterocycles. The molecular weight excluding hydrogens is 250 g/mol. The van der Waals surface area contributed by atoms with Gasteiger partial charge in [-0.2, -0.15) is 0 Å². The van der Waals surface area contributed by atoms with Gasteiger partial charge in [0.1, 0.15) is 6.04 Å². The quantitative estimate of drug-likeness (QED) is 0.866. The highest BCUT2D eigenvalue weighted by atomic mass is 16.2. The molecule has 0 spiro atoms. The molecule has 1 aliphatic heterocycles. The summed E-state index contributed by atoms with van der Waals surface area (Å²) in [7, 11) is 2.14. The molecule has 1 heterocycles.